The molecule has 1 saturated carbocycles. The number of allylic oxidation sites excluding steroid dienone is 2. The van der Waals surface area contributed by atoms with Crippen LogP contribution in [0.15, 0.2) is 64.8 Å². The van der Waals surface area contributed by atoms with E-state index in [0.29, 0.717) is 24.1 Å². The maximum absolute atomic E-state index is 13.7. The number of hydrogen-bond acceptors (Lipinski definition) is 6. The van der Waals surface area contributed by atoms with E-state index in [4.69, 9.17) is 14.5 Å². The molecular formula is C29H31NO5. The van der Waals surface area contributed by atoms with Gasteiger partial charge in [0.05, 0.1) is 7.11 Å². The summed E-state index contributed by atoms with van der Waals surface area (Å²) in [6, 6.07) is 14.6. The van der Waals surface area contributed by atoms with E-state index in [1.165, 1.54) is 0 Å². The van der Waals surface area contributed by atoms with Crippen LogP contribution in [0.1, 0.15) is 68.4 Å². The molecule has 1 N–H and O–H groups in total. The van der Waals surface area contributed by atoms with Gasteiger partial charge in [-0.2, -0.15) is 0 Å². The predicted octanol–water partition coefficient (Wildman–Crippen LogP) is 5.46. The maximum atomic E-state index is 13.7. The number of ether oxygens (including phenoxy) is 2. The average Bonchev–Trinajstić information content (AvgIpc) is 3.36. The normalized spacial score (nSPS) is 24.7. The summed E-state index contributed by atoms with van der Waals surface area (Å²) in [7, 11) is 1.63. The fraction of sp³-hybridized carbons (Fsp3) is 0.414. The summed E-state index contributed by atoms with van der Waals surface area (Å²) in [4.78, 5) is 31.9. The largest absolute Gasteiger partial charge is 0.508 e. The van der Waals surface area contributed by atoms with Crippen LogP contribution in [0.25, 0.3) is 0 Å². The molecule has 0 bridgehead atoms. The van der Waals surface area contributed by atoms with Crippen molar-refractivity contribution in [1.29, 1.82) is 0 Å². The first kappa shape index (κ1) is 23.3. The Morgan fingerprint density at radius 2 is 1.63 bits per heavy atom. The molecule has 1 unspecified atom stereocenters. The summed E-state index contributed by atoms with van der Waals surface area (Å²) in [6.45, 7) is 1.86. The Hall–Kier alpha value is -3.41. The molecular weight excluding hydrogens is 442 g/mol. The van der Waals surface area contributed by atoms with Gasteiger partial charge in [0, 0.05) is 29.3 Å². The lowest BCUT2D eigenvalue weighted by molar-refractivity contribution is -0.151. The summed E-state index contributed by atoms with van der Waals surface area (Å²) in [5.74, 6) is -0.483. The van der Waals surface area contributed by atoms with Crippen molar-refractivity contribution in [3.8, 4) is 11.5 Å². The SMILES string of the molecule is COc1ccc([C@H]2CC(=O)C3=C(C2)N=C(C)C(C(=O)OC2CCCC2)[C@H]3c2ccc(O)cc2)cc1. The fourth-order valence-corrected chi connectivity index (χ4v) is 5.76. The van der Waals surface area contributed by atoms with Crippen molar-refractivity contribution >= 4 is 17.5 Å². The second-order valence-corrected chi connectivity index (χ2v) is 9.81. The van der Waals surface area contributed by atoms with Crippen molar-refractivity contribution in [3.05, 3.63) is 70.9 Å². The van der Waals surface area contributed by atoms with Crippen molar-refractivity contribution in [2.75, 3.05) is 7.11 Å². The number of nitrogens with zero attached hydrogens (tertiary/aromatic N) is 1. The fourth-order valence-electron chi connectivity index (χ4n) is 5.76. The van der Waals surface area contributed by atoms with Crippen molar-refractivity contribution in [1.82, 2.24) is 0 Å². The molecule has 3 aliphatic rings. The number of aliphatic imine (C=N–C) groups is 1. The number of phenolic OH excluding ortho intramolecular Hbond substituents is 1. The Balaban J connectivity index is 1.51. The molecule has 1 aliphatic heterocycles. The van der Waals surface area contributed by atoms with Gasteiger partial charge in [0.15, 0.2) is 5.78 Å². The van der Waals surface area contributed by atoms with Gasteiger partial charge in [-0.05, 0) is 80.3 Å². The molecule has 2 aromatic carbocycles. The minimum absolute atomic E-state index is 0.0139. The van der Waals surface area contributed by atoms with E-state index < -0.39 is 11.8 Å². The third-order valence-electron chi connectivity index (χ3n) is 7.57. The standard InChI is InChI=1S/C29H31NO5/c1-17-26(29(33)35-23-5-3-4-6-23)27(19-7-11-21(31)12-8-19)28-24(30-17)15-20(16-25(28)32)18-9-13-22(34-2)14-10-18/h7-14,20,23,26-27,31H,3-6,15-16H2,1-2H3/t20-,26?,27-/m1/s1. The van der Waals surface area contributed by atoms with E-state index in [-0.39, 0.29) is 29.5 Å². The van der Waals surface area contributed by atoms with Gasteiger partial charge >= 0.3 is 5.97 Å². The van der Waals surface area contributed by atoms with Crippen LogP contribution in [-0.2, 0) is 14.3 Å². The topological polar surface area (TPSA) is 85.2 Å². The molecule has 0 saturated heterocycles. The summed E-state index contributed by atoms with van der Waals surface area (Å²) in [6.07, 6.45) is 4.83. The molecule has 182 valence electrons. The van der Waals surface area contributed by atoms with E-state index in [1.807, 2.05) is 31.2 Å². The molecule has 0 aromatic heterocycles. The number of phenols is 1. The third kappa shape index (κ3) is 4.62. The maximum Gasteiger partial charge on any atom is 0.315 e. The van der Waals surface area contributed by atoms with Gasteiger partial charge in [-0.3, -0.25) is 14.6 Å². The number of methoxy groups -OCH3 is 1. The highest BCUT2D eigenvalue weighted by Crippen LogP contribution is 2.47. The molecule has 2 aromatic rings. The summed E-state index contributed by atoms with van der Waals surface area (Å²) >= 11 is 0. The van der Waals surface area contributed by atoms with Gasteiger partial charge in [0.2, 0.25) is 0 Å². The molecule has 0 radical (unpaired) electrons. The van der Waals surface area contributed by atoms with E-state index in [2.05, 4.69) is 0 Å². The van der Waals surface area contributed by atoms with E-state index in [1.54, 1.807) is 31.4 Å². The number of hydrogen-bond donors (Lipinski definition) is 1. The number of aromatic hydroxyl groups is 1. The first-order chi connectivity index (χ1) is 16.9. The molecule has 3 atom stereocenters. The van der Waals surface area contributed by atoms with Gasteiger partial charge in [0.25, 0.3) is 0 Å². The number of carbonyl (C=O) groups excluding carboxylic acids is 2. The molecule has 35 heavy (non-hydrogen) atoms. The van der Waals surface area contributed by atoms with Crippen molar-refractivity contribution in [2.24, 2.45) is 10.9 Å². The lowest BCUT2D eigenvalue weighted by Gasteiger charge is -2.37. The minimum Gasteiger partial charge on any atom is -0.508 e. The number of ketones is 1. The van der Waals surface area contributed by atoms with Gasteiger partial charge in [0.1, 0.15) is 23.5 Å². The van der Waals surface area contributed by atoms with Crippen LogP contribution in [0, 0.1) is 5.92 Å². The van der Waals surface area contributed by atoms with Crippen LogP contribution in [0.2, 0.25) is 0 Å². The zero-order chi connectivity index (χ0) is 24.5. The van der Waals surface area contributed by atoms with Gasteiger partial charge < -0.3 is 14.6 Å². The van der Waals surface area contributed by atoms with E-state index in [9.17, 15) is 14.7 Å². The highest BCUT2D eigenvalue weighted by Gasteiger charge is 2.45. The Morgan fingerprint density at radius 3 is 2.29 bits per heavy atom. The second kappa shape index (κ2) is 9.68. The Bertz CT molecular complexity index is 1170. The average molecular weight is 474 g/mol. The van der Waals surface area contributed by atoms with Gasteiger partial charge in [-0.25, -0.2) is 0 Å². The van der Waals surface area contributed by atoms with E-state index in [0.717, 1.165) is 48.3 Å². The summed E-state index contributed by atoms with van der Waals surface area (Å²) in [5, 5.41) is 9.85. The highest BCUT2D eigenvalue weighted by atomic mass is 16.5. The van der Waals surface area contributed by atoms with Crippen LogP contribution < -0.4 is 4.74 Å². The van der Waals surface area contributed by atoms with Crippen molar-refractivity contribution in [2.45, 2.75) is 63.4 Å². The smallest absolute Gasteiger partial charge is 0.315 e. The molecule has 0 spiro atoms. The molecule has 1 heterocycles. The van der Waals surface area contributed by atoms with E-state index >= 15 is 0 Å². The molecule has 1 fully saturated rings. The number of esters is 1. The zero-order valence-electron chi connectivity index (χ0n) is 20.2. The lowest BCUT2D eigenvalue weighted by atomic mass is 9.69. The van der Waals surface area contributed by atoms with Gasteiger partial charge in [-0.1, -0.05) is 24.3 Å². The molecule has 6 heteroatoms. The lowest BCUT2D eigenvalue weighted by Crippen LogP contribution is -2.39. The van der Waals surface area contributed by atoms with Crippen LogP contribution in [0.5, 0.6) is 11.5 Å². The van der Waals surface area contributed by atoms with Gasteiger partial charge in [-0.15, -0.1) is 0 Å². The van der Waals surface area contributed by atoms with Crippen LogP contribution >= 0.6 is 0 Å². The number of benzene rings is 2. The Kier molecular flexibility index (Phi) is 6.46. The Morgan fingerprint density at radius 1 is 0.971 bits per heavy atom. The van der Waals surface area contributed by atoms with Crippen molar-refractivity contribution < 1.29 is 24.2 Å². The second-order valence-electron chi connectivity index (χ2n) is 9.81. The number of Topliss-reactive ketones (excluding diaryl/α,β-unsaturated/α-hetero) is 1. The first-order valence-corrected chi connectivity index (χ1v) is 12.4. The molecule has 5 rings (SSSR count). The summed E-state index contributed by atoms with van der Waals surface area (Å²) in [5.41, 5.74) is 3.92. The van der Waals surface area contributed by atoms with Crippen molar-refractivity contribution in [3.63, 3.8) is 0 Å². The van der Waals surface area contributed by atoms with Crippen LogP contribution in [0.4, 0.5) is 0 Å². The monoisotopic (exact) mass is 473 g/mol. The number of rotatable bonds is 5. The summed E-state index contributed by atoms with van der Waals surface area (Å²) < 4.78 is 11.2. The molecule has 6 nitrogen and oxygen atoms in total. The third-order valence-corrected chi connectivity index (χ3v) is 7.57. The molecule has 2 aliphatic carbocycles. The molecule has 0 amide bonds. The van der Waals surface area contributed by atoms with Crippen LogP contribution in [-0.4, -0.2) is 35.8 Å². The first-order valence-electron chi connectivity index (χ1n) is 12.4. The quantitative estimate of drug-likeness (QED) is 0.583. The highest BCUT2D eigenvalue weighted by molar-refractivity contribution is 6.09. The predicted molar refractivity (Wildman–Crippen MR) is 133 cm³/mol. The zero-order valence-corrected chi connectivity index (χ0v) is 20.2. The van der Waals surface area contributed by atoms with Crippen LogP contribution in [0.3, 0.4) is 0 Å². The number of carbonyl (C=O) groups is 2. The minimum atomic E-state index is -0.652. The Labute approximate surface area is 205 Å².